The first-order valence-corrected chi connectivity index (χ1v) is 9.74. The quantitative estimate of drug-likeness (QED) is 0.461. The highest BCUT2D eigenvalue weighted by Crippen LogP contribution is 2.33. The van der Waals surface area contributed by atoms with Crippen LogP contribution in [0.25, 0.3) is 22.4 Å². The van der Waals surface area contributed by atoms with Gasteiger partial charge in [-0.05, 0) is 18.6 Å². The van der Waals surface area contributed by atoms with Crippen molar-refractivity contribution in [3.63, 3.8) is 0 Å². The van der Waals surface area contributed by atoms with Gasteiger partial charge in [-0.15, -0.1) is 0 Å². The minimum absolute atomic E-state index is 0.588. The highest BCUT2D eigenvalue weighted by molar-refractivity contribution is 5.77. The number of fused-ring (bicyclic) bond motifs is 1. The van der Waals surface area contributed by atoms with Crippen molar-refractivity contribution in [1.82, 2.24) is 24.7 Å². The lowest BCUT2D eigenvalue weighted by Gasteiger charge is -2.24. The summed E-state index contributed by atoms with van der Waals surface area (Å²) in [5, 5.41) is 4.21. The number of methoxy groups -OCH3 is 2. The SMILES string of the molecule is CCCN(c1cc(OC)cc(OC)c1)c1ccc2ncc(-c3cnn(C)c3)nc2n1. The first-order valence-electron chi connectivity index (χ1n) is 9.74. The molecular weight excluding hydrogens is 380 g/mol. The average Bonchev–Trinajstić information content (AvgIpc) is 3.22. The van der Waals surface area contributed by atoms with E-state index in [0.29, 0.717) is 5.65 Å². The fraction of sp³-hybridized carbons (Fsp3) is 0.273. The van der Waals surface area contributed by atoms with Crippen LogP contribution in [0.4, 0.5) is 11.5 Å². The predicted molar refractivity (Wildman–Crippen MR) is 116 cm³/mol. The first-order chi connectivity index (χ1) is 14.6. The summed E-state index contributed by atoms with van der Waals surface area (Å²) in [6.07, 6.45) is 6.37. The molecule has 154 valence electrons. The molecule has 0 aliphatic rings. The molecule has 0 radical (unpaired) electrons. The van der Waals surface area contributed by atoms with E-state index >= 15 is 0 Å². The van der Waals surface area contributed by atoms with E-state index in [2.05, 4.69) is 21.9 Å². The number of hydrogen-bond donors (Lipinski definition) is 0. The van der Waals surface area contributed by atoms with Crippen LogP contribution in [0.15, 0.2) is 48.9 Å². The molecule has 0 aliphatic carbocycles. The minimum Gasteiger partial charge on any atom is -0.497 e. The minimum atomic E-state index is 0.588. The molecule has 3 aromatic heterocycles. The van der Waals surface area contributed by atoms with Crippen molar-refractivity contribution < 1.29 is 9.47 Å². The van der Waals surface area contributed by atoms with Gasteiger partial charge in [-0.2, -0.15) is 5.10 Å². The number of hydrogen-bond acceptors (Lipinski definition) is 7. The summed E-state index contributed by atoms with van der Waals surface area (Å²) in [5.41, 5.74) is 3.92. The molecule has 0 amide bonds. The van der Waals surface area contributed by atoms with Gasteiger partial charge in [-0.3, -0.25) is 9.67 Å². The van der Waals surface area contributed by atoms with Crippen LogP contribution >= 0.6 is 0 Å². The summed E-state index contributed by atoms with van der Waals surface area (Å²) in [6.45, 7) is 2.91. The van der Waals surface area contributed by atoms with Crippen LogP contribution < -0.4 is 14.4 Å². The first kappa shape index (κ1) is 19.6. The molecule has 0 N–H and O–H groups in total. The van der Waals surface area contributed by atoms with Gasteiger partial charge < -0.3 is 14.4 Å². The zero-order valence-electron chi connectivity index (χ0n) is 17.5. The largest absolute Gasteiger partial charge is 0.497 e. The van der Waals surface area contributed by atoms with Crippen LogP contribution in [0.3, 0.4) is 0 Å². The molecule has 4 aromatic rings. The van der Waals surface area contributed by atoms with E-state index in [1.165, 1.54) is 0 Å². The topological polar surface area (TPSA) is 78.2 Å². The molecule has 0 saturated carbocycles. The summed E-state index contributed by atoms with van der Waals surface area (Å²) in [4.78, 5) is 16.2. The van der Waals surface area contributed by atoms with Crippen LogP contribution in [0, 0.1) is 0 Å². The molecule has 1 aromatic carbocycles. The Hall–Kier alpha value is -3.68. The maximum Gasteiger partial charge on any atom is 0.180 e. The van der Waals surface area contributed by atoms with E-state index in [1.54, 1.807) is 31.3 Å². The van der Waals surface area contributed by atoms with Gasteiger partial charge in [0.15, 0.2) is 5.65 Å². The van der Waals surface area contributed by atoms with Gasteiger partial charge in [0.05, 0.1) is 32.3 Å². The van der Waals surface area contributed by atoms with Crippen LogP contribution in [-0.4, -0.2) is 45.5 Å². The summed E-state index contributed by atoms with van der Waals surface area (Å²) in [6, 6.07) is 9.71. The summed E-state index contributed by atoms with van der Waals surface area (Å²) >= 11 is 0. The van der Waals surface area contributed by atoms with Crippen molar-refractivity contribution >= 4 is 22.7 Å². The lowest BCUT2D eigenvalue weighted by molar-refractivity contribution is 0.394. The molecule has 3 heterocycles. The van der Waals surface area contributed by atoms with E-state index in [4.69, 9.17) is 19.4 Å². The van der Waals surface area contributed by atoms with Crippen LogP contribution in [0.1, 0.15) is 13.3 Å². The number of pyridine rings is 1. The Bertz CT molecular complexity index is 1150. The normalized spacial score (nSPS) is 10.9. The molecule has 8 nitrogen and oxygen atoms in total. The molecule has 0 spiro atoms. The van der Waals surface area contributed by atoms with Crippen LogP contribution in [0.5, 0.6) is 11.5 Å². The number of aromatic nitrogens is 5. The molecule has 0 aliphatic heterocycles. The van der Waals surface area contributed by atoms with Crippen LogP contribution in [-0.2, 0) is 7.05 Å². The maximum atomic E-state index is 5.44. The smallest absolute Gasteiger partial charge is 0.180 e. The van der Waals surface area contributed by atoms with E-state index in [-0.39, 0.29) is 0 Å². The molecule has 0 fully saturated rings. The van der Waals surface area contributed by atoms with Crippen LogP contribution in [0.2, 0.25) is 0 Å². The molecule has 0 saturated heterocycles. The van der Waals surface area contributed by atoms with Gasteiger partial charge in [0, 0.05) is 49.2 Å². The molecule has 4 rings (SSSR count). The van der Waals surface area contributed by atoms with E-state index in [9.17, 15) is 0 Å². The summed E-state index contributed by atoms with van der Waals surface area (Å²) < 4.78 is 12.6. The Morgan fingerprint density at radius 1 is 1.00 bits per heavy atom. The number of ether oxygens (including phenoxy) is 2. The summed E-state index contributed by atoms with van der Waals surface area (Å²) in [7, 11) is 5.17. The molecule has 8 heteroatoms. The molecule has 0 bridgehead atoms. The standard InChI is InChI=1S/C22H24N6O2/c1-5-8-28(16-9-17(29-3)11-18(10-16)30-4)21-7-6-19-22(26-21)25-20(13-23-19)15-12-24-27(2)14-15/h6-7,9-14H,5,8H2,1-4H3. The Balaban J connectivity index is 1.78. The predicted octanol–water partition coefficient (Wildman–Crippen LogP) is 3.99. The fourth-order valence-corrected chi connectivity index (χ4v) is 3.28. The number of rotatable bonds is 7. The molecular formula is C22H24N6O2. The fourth-order valence-electron chi connectivity index (χ4n) is 3.28. The van der Waals surface area contributed by atoms with Gasteiger partial charge in [-0.25, -0.2) is 9.97 Å². The van der Waals surface area contributed by atoms with Crippen molar-refractivity contribution in [1.29, 1.82) is 0 Å². The van der Waals surface area contributed by atoms with Crippen molar-refractivity contribution in [2.45, 2.75) is 13.3 Å². The van der Waals surface area contributed by atoms with E-state index in [1.807, 2.05) is 43.6 Å². The second-order valence-electron chi connectivity index (χ2n) is 6.89. The van der Waals surface area contributed by atoms with Gasteiger partial charge in [0.25, 0.3) is 0 Å². The number of benzene rings is 1. The zero-order valence-corrected chi connectivity index (χ0v) is 17.5. The third kappa shape index (κ3) is 3.89. The van der Waals surface area contributed by atoms with E-state index < -0.39 is 0 Å². The van der Waals surface area contributed by atoms with Crippen molar-refractivity contribution in [2.24, 2.45) is 7.05 Å². The van der Waals surface area contributed by atoms with Gasteiger partial charge in [0.2, 0.25) is 0 Å². The van der Waals surface area contributed by atoms with Gasteiger partial charge in [-0.1, -0.05) is 6.92 Å². The second kappa shape index (κ2) is 8.36. The lowest BCUT2D eigenvalue weighted by Crippen LogP contribution is -2.19. The monoisotopic (exact) mass is 404 g/mol. The van der Waals surface area contributed by atoms with Gasteiger partial charge in [0.1, 0.15) is 22.8 Å². The maximum absolute atomic E-state index is 5.44. The number of aryl methyl sites for hydroxylation is 1. The number of anilines is 2. The highest BCUT2D eigenvalue weighted by atomic mass is 16.5. The lowest BCUT2D eigenvalue weighted by atomic mass is 10.2. The van der Waals surface area contributed by atoms with Gasteiger partial charge >= 0.3 is 0 Å². The Kier molecular flexibility index (Phi) is 5.47. The highest BCUT2D eigenvalue weighted by Gasteiger charge is 2.15. The Morgan fingerprint density at radius 3 is 2.40 bits per heavy atom. The number of nitrogens with zero attached hydrogens (tertiary/aromatic N) is 6. The summed E-state index contributed by atoms with van der Waals surface area (Å²) in [5.74, 6) is 2.24. The third-order valence-electron chi connectivity index (χ3n) is 4.76. The zero-order chi connectivity index (χ0) is 21.1. The third-order valence-corrected chi connectivity index (χ3v) is 4.76. The Labute approximate surface area is 175 Å². The van der Waals surface area contributed by atoms with Crippen molar-refractivity contribution in [3.8, 4) is 22.8 Å². The van der Waals surface area contributed by atoms with E-state index in [0.717, 1.165) is 52.7 Å². The van der Waals surface area contributed by atoms with Crippen molar-refractivity contribution in [3.05, 3.63) is 48.9 Å². The molecule has 0 atom stereocenters. The molecule has 30 heavy (non-hydrogen) atoms. The van der Waals surface area contributed by atoms with Crippen molar-refractivity contribution in [2.75, 3.05) is 25.7 Å². The Morgan fingerprint density at radius 2 is 1.77 bits per heavy atom. The molecule has 0 unspecified atom stereocenters. The average molecular weight is 404 g/mol. The second-order valence-corrected chi connectivity index (χ2v) is 6.89.